The predicted molar refractivity (Wildman–Crippen MR) is 80.3 cm³/mol. The molecule has 0 unspecified atom stereocenters. The van der Waals surface area contributed by atoms with E-state index in [1.165, 1.54) is 13.2 Å². The minimum absolute atomic E-state index is 0.0266. The monoisotopic (exact) mass is 314 g/mol. The van der Waals surface area contributed by atoms with Crippen LogP contribution in [0.3, 0.4) is 0 Å². The van der Waals surface area contributed by atoms with Gasteiger partial charge in [-0.1, -0.05) is 30.3 Å². The number of carboxylic acids is 1. The van der Waals surface area contributed by atoms with Crippen molar-refractivity contribution < 1.29 is 29.0 Å². The van der Waals surface area contributed by atoms with Crippen LogP contribution in [0.1, 0.15) is 36.6 Å². The standard InChI is InChI=1S/C17H14O6/c1-22-16(20)13-7-12(15(18)19)8-14(9-13)17(21)23-10-11-5-3-2-4-6-11/h2-9H,10H2,1H3,(H,18,19). The van der Waals surface area contributed by atoms with Crippen LogP contribution in [0.15, 0.2) is 48.5 Å². The summed E-state index contributed by atoms with van der Waals surface area (Å²) in [6.07, 6.45) is 0. The molecule has 0 aliphatic carbocycles. The third kappa shape index (κ3) is 4.16. The smallest absolute Gasteiger partial charge is 0.338 e. The van der Waals surface area contributed by atoms with Crippen molar-refractivity contribution in [2.45, 2.75) is 6.61 Å². The number of hydrogen-bond acceptors (Lipinski definition) is 5. The fourth-order valence-corrected chi connectivity index (χ4v) is 1.91. The number of hydrogen-bond donors (Lipinski definition) is 1. The molecule has 0 aromatic heterocycles. The first-order valence-corrected chi connectivity index (χ1v) is 6.69. The molecule has 0 radical (unpaired) electrons. The van der Waals surface area contributed by atoms with Crippen LogP contribution in [-0.4, -0.2) is 30.1 Å². The molecule has 2 aromatic rings. The van der Waals surface area contributed by atoms with E-state index in [0.717, 1.165) is 17.7 Å². The van der Waals surface area contributed by atoms with E-state index in [1.54, 1.807) is 12.1 Å². The minimum Gasteiger partial charge on any atom is -0.478 e. The molecule has 23 heavy (non-hydrogen) atoms. The zero-order valence-corrected chi connectivity index (χ0v) is 12.3. The zero-order chi connectivity index (χ0) is 16.8. The third-order valence-electron chi connectivity index (χ3n) is 3.05. The van der Waals surface area contributed by atoms with Crippen LogP contribution >= 0.6 is 0 Å². The van der Waals surface area contributed by atoms with Crippen LogP contribution in [-0.2, 0) is 16.1 Å². The van der Waals surface area contributed by atoms with Gasteiger partial charge in [0.2, 0.25) is 0 Å². The van der Waals surface area contributed by atoms with Crippen LogP contribution < -0.4 is 0 Å². The van der Waals surface area contributed by atoms with Gasteiger partial charge in [-0.3, -0.25) is 0 Å². The van der Waals surface area contributed by atoms with Gasteiger partial charge in [-0.05, 0) is 23.8 Å². The van der Waals surface area contributed by atoms with Crippen molar-refractivity contribution in [1.82, 2.24) is 0 Å². The Morgan fingerprint density at radius 2 is 1.48 bits per heavy atom. The second-order valence-electron chi connectivity index (χ2n) is 4.66. The van der Waals surface area contributed by atoms with Gasteiger partial charge in [-0.2, -0.15) is 0 Å². The van der Waals surface area contributed by atoms with E-state index < -0.39 is 17.9 Å². The lowest BCUT2D eigenvalue weighted by Gasteiger charge is -2.08. The first-order chi connectivity index (χ1) is 11.0. The summed E-state index contributed by atoms with van der Waals surface area (Å²) in [5.41, 5.74) is 0.545. The maximum absolute atomic E-state index is 12.1. The second-order valence-corrected chi connectivity index (χ2v) is 4.66. The van der Waals surface area contributed by atoms with Gasteiger partial charge in [0.15, 0.2) is 0 Å². The van der Waals surface area contributed by atoms with E-state index in [-0.39, 0.29) is 23.3 Å². The van der Waals surface area contributed by atoms with Crippen molar-refractivity contribution in [1.29, 1.82) is 0 Å². The lowest BCUT2D eigenvalue weighted by Crippen LogP contribution is -2.11. The van der Waals surface area contributed by atoms with E-state index >= 15 is 0 Å². The quantitative estimate of drug-likeness (QED) is 0.853. The second kappa shape index (κ2) is 7.22. The van der Waals surface area contributed by atoms with Crippen LogP contribution in [0, 0.1) is 0 Å². The highest BCUT2D eigenvalue weighted by molar-refractivity contribution is 5.99. The molecule has 1 N–H and O–H groups in total. The van der Waals surface area contributed by atoms with Gasteiger partial charge in [0.1, 0.15) is 6.61 Å². The maximum Gasteiger partial charge on any atom is 0.338 e. The number of carboxylic acid groups (broad SMARTS) is 1. The van der Waals surface area contributed by atoms with Gasteiger partial charge in [0, 0.05) is 0 Å². The summed E-state index contributed by atoms with van der Waals surface area (Å²) in [6.45, 7) is 0.0462. The molecular weight excluding hydrogens is 300 g/mol. The van der Waals surface area contributed by atoms with Crippen LogP contribution in [0.5, 0.6) is 0 Å². The van der Waals surface area contributed by atoms with Crippen molar-refractivity contribution in [2.24, 2.45) is 0 Å². The summed E-state index contributed by atoms with van der Waals surface area (Å²) >= 11 is 0. The number of carbonyl (C=O) groups is 3. The number of carbonyl (C=O) groups excluding carboxylic acids is 2. The molecule has 0 spiro atoms. The number of rotatable bonds is 5. The first-order valence-electron chi connectivity index (χ1n) is 6.69. The van der Waals surface area contributed by atoms with E-state index in [4.69, 9.17) is 9.84 Å². The molecule has 118 valence electrons. The van der Waals surface area contributed by atoms with Crippen molar-refractivity contribution in [2.75, 3.05) is 7.11 Å². The summed E-state index contributed by atoms with van der Waals surface area (Å²) in [5.74, 6) is -2.71. The summed E-state index contributed by atoms with van der Waals surface area (Å²) in [6, 6.07) is 12.6. The van der Waals surface area contributed by atoms with Gasteiger partial charge >= 0.3 is 17.9 Å². The van der Waals surface area contributed by atoms with E-state index in [1.807, 2.05) is 18.2 Å². The topological polar surface area (TPSA) is 89.9 Å². The zero-order valence-electron chi connectivity index (χ0n) is 12.3. The third-order valence-corrected chi connectivity index (χ3v) is 3.05. The lowest BCUT2D eigenvalue weighted by atomic mass is 10.1. The molecule has 0 atom stereocenters. The molecular formula is C17H14O6. The molecule has 6 nitrogen and oxygen atoms in total. The SMILES string of the molecule is COC(=O)c1cc(C(=O)O)cc(C(=O)OCc2ccccc2)c1. The Kier molecular flexibility index (Phi) is 5.09. The summed E-state index contributed by atoms with van der Waals surface area (Å²) in [5, 5.41) is 9.07. The highest BCUT2D eigenvalue weighted by atomic mass is 16.5. The Bertz CT molecular complexity index is 736. The van der Waals surface area contributed by atoms with Gasteiger partial charge in [0.25, 0.3) is 0 Å². The molecule has 0 saturated heterocycles. The molecule has 0 bridgehead atoms. The van der Waals surface area contributed by atoms with Crippen LogP contribution in [0.25, 0.3) is 0 Å². The molecule has 0 amide bonds. The number of benzene rings is 2. The van der Waals surface area contributed by atoms with E-state index in [9.17, 15) is 14.4 Å². The molecule has 0 heterocycles. The fraction of sp³-hybridized carbons (Fsp3) is 0.118. The molecule has 6 heteroatoms. The van der Waals surface area contributed by atoms with Gasteiger partial charge in [-0.25, -0.2) is 14.4 Å². The normalized spacial score (nSPS) is 9.96. The predicted octanol–water partition coefficient (Wildman–Crippen LogP) is 2.53. The average Bonchev–Trinajstić information content (AvgIpc) is 2.59. The number of ether oxygens (including phenoxy) is 2. The van der Waals surface area contributed by atoms with Gasteiger partial charge < -0.3 is 14.6 Å². The Morgan fingerprint density at radius 3 is 2.04 bits per heavy atom. The molecule has 2 rings (SSSR count). The van der Waals surface area contributed by atoms with Crippen LogP contribution in [0.4, 0.5) is 0 Å². The minimum atomic E-state index is -1.26. The van der Waals surface area contributed by atoms with Crippen molar-refractivity contribution in [3.63, 3.8) is 0 Å². The highest BCUT2D eigenvalue weighted by Gasteiger charge is 2.17. The Labute approximate surface area is 132 Å². The summed E-state index contributed by atoms with van der Waals surface area (Å²) in [7, 11) is 1.17. The Balaban J connectivity index is 2.23. The summed E-state index contributed by atoms with van der Waals surface area (Å²) in [4.78, 5) is 34.8. The molecule has 0 saturated carbocycles. The number of aromatic carboxylic acids is 1. The Hall–Kier alpha value is -3.15. The number of esters is 2. The molecule has 2 aromatic carbocycles. The largest absolute Gasteiger partial charge is 0.478 e. The van der Waals surface area contributed by atoms with Crippen molar-refractivity contribution in [3.05, 3.63) is 70.8 Å². The summed E-state index contributed by atoms with van der Waals surface area (Å²) < 4.78 is 9.68. The van der Waals surface area contributed by atoms with E-state index in [0.29, 0.717) is 0 Å². The first kappa shape index (κ1) is 16.2. The van der Waals surface area contributed by atoms with Gasteiger partial charge in [-0.15, -0.1) is 0 Å². The average molecular weight is 314 g/mol. The molecule has 0 aliphatic heterocycles. The molecule has 0 fully saturated rings. The highest BCUT2D eigenvalue weighted by Crippen LogP contribution is 2.14. The maximum atomic E-state index is 12.1. The van der Waals surface area contributed by atoms with Crippen molar-refractivity contribution >= 4 is 17.9 Å². The van der Waals surface area contributed by atoms with Crippen molar-refractivity contribution in [3.8, 4) is 0 Å². The molecule has 0 aliphatic rings. The van der Waals surface area contributed by atoms with E-state index in [2.05, 4.69) is 4.74 Å². The lowest BCUT2D eigenvalue weighted by molar-refractivity contribution is 0.0472. The fourth-order valence-electron chi connectivity index (χ4n) is 1.91. The Morgan fingerprint density at radius 1 is 0.913 bits per heavy atom. The van der Waals surface area contributed by atoms with Crippen LogP contribution in [0.2, 0.25) is 0 Å². The number of methoxy groups -OCH3 is 1. The van der Waals surface area contributed by atoms with Gasteiger partial charge in [0.05, 0.1) is 23.8 Å².